The van der Waals surface area contributed by atoms with Crippen molar-refractivity contribution in [1.29, 1.82) is 0 Å². The van der Waals surface area contributed by atoms with Gasteiger partial charge in [-0.2, -0.15) is 0 Å². The average molecular weight is 273 g/mol. The summed E-state index contributed by atoms with van der Waals surface area (Å²) in [5.41, 5.74) is 4.41. The molecule has 110 valence electrons. The molecule has 1 saturated carbocycles. The van der Waals surface area contributed by atoms with Crippen LogP contribution in [0.15, 0.2) is 18.2 Å². The normalized spacial score (nSPS) is 32.5. The van der Waals surface area contributed by atoms with E-state index in [4.69, 9.17) is 4.74 Å². The van der Waals surface area contributed by atoms with Crippen LogP contribution in [0.5, 0.6) is 0 Å². The lowest BCUT2D eigenvalue weighted by atomic mass is 9.57. The fourth-order valence-corrected chi connectivity index (χ4v) is 4.25. The maximum absolute atomic E-state index is 5.89. The molecule has 1 heterocycles. The fourth-order valence-electron chi connectivity index (χ4n) is 4.25. The minimum absolute atomic E-state index is 0.257. The zero-order valence-electron chi connectivity index (χ0n) is 13.4. The third kappa shape index (κ3) is 2.10. The van der Waals surface area contributed by atoms with Crippen LogP contribution < -0.4 is 5.32 Å². The summed E-state index contributed by atoms with van der Waals surface area (Å²) in [6.07, 6.45) is 1.68. The molecule has 2 nitrogen and oxygen atoms in total. The van der Waals surface area contributed by atoms with Crippen molar-refractivity contribution < 1.29 is 4.74 Å². The summed E-state index contributed by atoms with van der Waals surface area (Å²) in [4.78, 5) is 0. The van der Waals surface area contributed by atoms with Crippen molar-refractivity contribution in [3.8, 4) is 0 Å². The predicted octanol–water partition coefficient (Wildman–Crippen LogP) is 3.77. The number of rotatable bonds is 3. The number of aryl methyl sites for hydroxylation is 2. The molecular weight excluding hydrogens is 246 g/mol. The first-order valence-corrected chi connectivity index (χ1v) is 7.86. The molecule has 4 atom stereocenters. The first-order valence-electron chi connectivity index (χ1n) is 7.86. The standard InChI is InChI=1S/C18H27NO/c1-11-6-7-12(2)15(10-11)13(3)19-16-14-8-9-20-17(14)18(16,4)5/h6-7,10,13-14,16-17,19H,8-9H2,1-5H3. The predicted molar refractivity (Wildman–Crippen MR) is 82.9 cm³/mol. The van der Waals surface area contributed by atoms with E-state index in [1.165, 1.54) is 23.1 Å². The first-order chi connectivity index (χ1) is 9.41. The highest BCUT2D eigenvalue weighted by molar-refractivity contribution is 5.33. The highest BCUT2D eigenvalue weighted by Crippen LogP contribution is 2.52. The summed E-state index contributed by atoms with van der Waals surface area (Å²) in [7, 11) is 0. The van der Waals surface area contributed by atoms with Crippen molar-refractivity contribution in [2.75, 3.05) is 6.61 Å². The van der Waals surface area contributed by atoms with Crippen LogP contribution in [0.2, 0.25) is 0 Å². The highest BCUT2D eigenvalue weighted by atomic mass is 16.5. The molecule has 0 amide bonds. The Kier molecular flexibility index (Phi) is 3.42. The van der Waals surface area contributed by atoms with E-state index >= 15 is 0 Å². The van der Waals surface area contributed by atoms with E-state index in [0.717, 1.165) is 6.61 Å². The van der Waals surface area contributed by atoms with Gasteiger partial charge in [-0.05, 0) is 38.3 Å². The molecule has 2 fully saturated rings. The van der Waals surface area contributed by atoms with Crippen molar-refractivity contribution in [3.63, 3.8) is 0 Å². The lowest BCUT2D eigenvalue weighted by Crippen LogP contribution is -2.66. The molecule has 0 spiro atoms. The minimum Gasteiger partial charge on any atom is -0.377 e. The van der Waals surface area contributed by atoms with Gasteiger partial charge in [-0.1, -0.05) is 37.6 Å². The molecule has 3 rings (SSSR count). The molecule has 0 bridgehead atoms. The molecule has 0 radical (unpaired) electrons. The Morgan fingerprint density at radius 1 is 1.30 bits per heavy atom. The SMILES string of the molecule is Cc1ccc(C)c(C(C)NC2C3CCOC3C2(C)C)c1. The van der Waals surface area contributed by atoms with Crippen molar-refractivity contribution >= 4 is 0 Å². The van der Waals surface area contributed by atoms with Crippen LogP contribution >= 0.6 is 0 Å². The monoisotopic (exact) mass is 273 g/mol. The summed E-state index contributed by atoms with van der Waals surface area (Å²) < 4.78 is 5.89. The van der Waals surface area contributed by atoms with Gasteiger partial charge in [0.1, 0.15) is 0 Å². The molecule has 4 unspecified atom stereocenters. The molecule has 2 heteroatoms. The summed E-state index contributed by atoms with van der Waals surface area (Å²) in [6, 6.07) is 7.72. The van der Waals surface area contributed by atoms with Crippen LogP contribution in [-0.2, 0) is 4.74 Å². The van der Waals surface area contributed by atoms with Gasteiger partial charge in [0.2, 0.25) is 0 Å². The Bertz CT molecular complexity index is 508. The zero-order valence-corrected chi connectivity index (χ0v) is 13.4. The van der Waals surface area contributed by atoms with Gasteiger partial charge in [0, 0.05) is 30.0 Å². The van der Waals surface area contributed by atoms with Crippen LogP contribution in [-0.4, -0.2) is 18.8 Å². The summed E-state index contributed by atoms with van der Waals surface area (Å²) in [5.74, 6) is 0.706. The molecule has 2 aliphatic rings. The molecule has 1 saturated heterocycles. The van der Waals surface area contributed by atoms with Crippen molar-refractivity contribution in [3.05, 3.63) is 34.9 Å². The van der Waals surface area contributed by atoms with Gasteiger partial charge in [-0.3, -0.25) is 0 Å². The number of nitrogens with one attached hydrogen (secondary N) is 1. The molecule has 20 heavy (non-hydrogen) atoms. The lowest BCUT2D eigenvalue weighted by Gasteiger charge is -2.55. The molecule has 0 aromatic heterocycles. The van der Waals surface area contributed by atoms with Gasteiger partial charge in [-0.25, -0.2) is 0 Å². The van der Waals surface area contributed by atoms with Gasteiger partial charge in [0.15, 0.2) is 0 Å². The van der Waals surface area contributed by atoms with Crippen LogP contribution in [0.1, 0.15) is 49.9 Å². The van der Waals surface area contributed by atoms with E-state index in [0.29, 0.717) is 24.1 Å². The number of benzene rings is 1. The minimum atomic E-state index is 0.257. The second-order valence-electron chi connectivity index (χ2n) is 7.29. The van der Waals surface area contributed by atoms with Crippen molar-refractivity contribution in [2.24, 2.45) is 11.3 Å². The third-order valence-corrected chi connectivity index (χ3v) is 5.43. The number of hydrogen-bond donors (Lipinski definition) is 1. The largest absolute Gasteiger partial charge is 0.377 e. The van der Waals surface area contributed by atoms with Gasteiger partial charge < -0.3 is 10.1 Å². The Balaban J connectivity index is 1.76. The zero-order chi connectivity index (χ0) is 14.5. The Morgan fingerprint density at radius 2 is 2.05 bits per heavy atom. The summed E-state index contributed by atoms with van der Waals surface area (Å²) in [6.45, 7) is 12.3. The van der Waals surface area contributed by atoms with Crippen LogP contribution in [0.3, 0.4) is 0 Å². The first kappa shape index (κ1) is 14.1. The summed E-state index contributed by atoms with van der Waals surface area (Å²) in [5, 5.41) is 3.88. The quantitative estimate of drug-likeness (QED) is 0.905. The van der Waals surface area contributed by atoms with Crippen molar-refractivity contribution in [2.45, 2.75) is 59.2 Å². The molecule has 1 aliphatic heterocycles. The smallest absolute Gasteiger partial charge is 0.0685 e. The van der Waals surface area contributed by atoms with E-state index in [1.807, 2.05) is 0 Å². The van der Waals surface area contributed by atoms with E-state index in [-0.39, 0.29) is 5.41 Å². The highest BCUT2D eigenvalue weighted by Gasteiger charge is 2.59. The van der Waals surface area contributed by atoms with Gasteiger partial charge in [0.05, 0.1) is 6.10 Å². The van der Waals surface area contributed by atoms with E-state index in [2.05, 4.69) is 58.1 Å². The molecule has 1 N–H and O–H groups in total. The molecule has 1 aromatic carbocycles. The number of ether oxygens (including phenoxy) is 1. The van der Waals surface area contributed by atoms with E-state index in [9.17, 15) is 0 Å². The molecule has 1 aromatic rings. The van der Waals surface area contributed by atoms with E-state index in [1.54, 1.807) is 0 Å². The fraction of sp³-hybridized carbons (Fsp3) is 0.667. The number of fused-ring (bicyclic) bond motifs is 1. The average Bonchev–Trinajstić information content (AvgIpc) is 2.85. The van der Waals surface area contributed by atoms with Crippen LogP contribution in [0, 0.1) is 25.2 Å². The van der Waals surface area contributed by atoms with Crippen LogP contribution in [0.4, 0.5) is 0 Å². The van der Waals surface area contributed by atoms with Crippen molar-refractivity contribution in [1.82, 2.24) is 5.32 Å². The lowest BCUT2D eigenvalue weighted by molar-refractivity contribution is -0.115. The second kappa shape index (κ2) is 4.85. The Labute approximate surface area is 122 Å². The Morgan fingerprint density at radius 3 is 2.80 bits per heavy atom. The molecular formula is C18H27NO. The van der Waals surface area contributed by atoms with Gasteiger partial charge >= 0.3 is 0 Å². The van der Waals surface area contributed by atoms with Gasteiger partial charge in [-0.15, -0.1) is 0 Å². The van der Waals surface area contributed by atoms with Gasteiger partial charge in [0.25, 0.3) is 0 Å². The second-order valence-corrected chi connectivity index (χ2v) is 7.29. The van der Waals surface area contributed by atoms with E-state index < -0.39 is 0 Å². The third-order valence-electron chi connectivity index (χ3n) is 5.43. The molecule has 1 aliphatic carbocycles. The topological polar surface area (TPSA) is 21.3 Å². The maximum Gasteiger partial charge on any atom is 0.0685 e. The Hall–Kier alpha value is -0.860. The number of hydrogen-bond acceptors (Lipinski definition) is 2. The summed E-state index contributed by atoms with van der Waals surface area (Å²) >= 11 is 0. The van der Waals surface area contributed by atoms with Crippen LogP contribution in [0.25, 0.3) is 0 Å². The maximum atomic E-state index is 5.89.